The van der Waals surface area contributed by atoms with E-state index in [1.807, 2.05) is 77.8 Å². The molecule has 21 nitrogen and oxygen atoms in total. The van der Waals surface area contributed by atoms with Crippen LogP contribution in [0.3, 0.4) is 0 Å². The molecule has 0 bridgehead atoms. The van der Waals surface area contributed by atoms with Crippen molar-refractivity contribution in [1.29, 1.82) is 0 Å². The van der Waals surface area contributed by atoms with Gasteiger partial charge in [-0.15, -0.1) is 0 Å². The predicted molar refractivity (Wildman–Crippen MR) is 461 cm³/mol. The number of hydrogen-bond donors (Lipinski definition) is 4. The summed E-state index contributed by atoms with van der Waals surface area (Å²) in [7, 11) is -5.41. The van der Waals surface area contributed by atoms with E-state index in [4.69, 9.17) is 14.0 Å². The van der Waals surface area contributed by atoms with Crippen LogP contribution in [0.5, 0.6) is 0 Å². The van der Waals surface area contributed by atoms with Crippen molar-refractivity contribution in [3.8, 4) is 22.7 Å². The fourth-order valence-electron chi connectivity index (χ4n) is 13.5. The first-order chi connectivity index (χ1) is 58.0. The van der Waals surface area contributed by atoms with Gasteiger partial charge in [-0.3, -0.25) is 56.1 Å². The number of nitrogens with one attached hydrogen (secondary N) is 1. The maximum atomic E-state index is 13.5. The van der Waals surface area contributed by atoms with Gasteiger partial charge in [0.2, 0.25) is 0 Å². The van der Waals surface area contributed by atoms with Crippen molar-refractivity contribution in [2.45, 2.75) is 128 Å². The Bertz CT molecular complexity index is 6050. The molecule has 4 aromatic heterocycles. The molecule has 0 spiro atoms. The van der Waals surface area contributed by atoms with Crippen LogP contribution in [0, 0.1) is 3.57 Å². The highest BCUT2D eigenvalue weighted by Gasteiger charge is 2.52. The molecular formula is C88H89F12IN8O13Si2. The Labute approximate surface area is 717 Å². The molecule has 0 unspecified atom stereocenters. The van der Waals surface area contributed by atoms with Crippen molar-refractivity contribution in [3.05, 3.63) is 371 Å². The number of rotatable bonds is 19. The number of halogens is 13. The van der Waals surface area contributed by atoms with Crippen molar-refractivity contribution in [2.24, 2.45) is 0 Å². The molecule has 8 aromatic carbocycles. The van der Waals surface area contributed by atoms with Crippen LogP contribution in [0.15, 0.2) is 300 Å². The molecule has 0 radical (unpaired) electrons. The Morgan fingerprint density at radius 2 is 0.661 bits per heavy atom. The Hall–Kier alpha value is -11.4. The van der Waals surface area contributed by atoms with Crippen LogP contribution in [0.25, 0.3) is 22.7 Å². The summed E-state index contributed by atoms with van der Waals surface area (Å²) in [5.41, 5.74) is -9.05. The highest BCUT2D eigenvalue weighted by atomic mass is 127. The summed E-state index contributed by atoms with van der Waals surface area (Å²) >= 11 is 1.70. The van der Waals surface area contributed by atoms with E-state index >= 15 is 0 Å². The third-order valence-electron chi connectivity index (χ3n) is 19.5. The lowest BCUT2D eigenvalue weighted by molar-refractivity contribution is -0.138. The molecule has 0 saturated heterocycles. The monoisotopic (exact) mass is 1880 g/mol. The second-order valence-corrected chi connectivity index (χ2v) is 40.3. The standard InChI is InChI=1S/C30H31F3N2O3Si.C19H26O2Si.C14H12F3IN2O3.C14H13F3N2O3.C11H7F3N2O2/c1-22(35-27(36)18-19-34(28(35)37)24-13-11-12-23(20-24)30(31,32)33)21-38-39(29(2,3)4,25-14-7-5-8-15-25)26-16-9-6-10-17-26;1-16(20)15-21-22(19(2,3)4,17-11-7-5-8-12-17)18-13-9-6-10-14-18;1-8(7-21)20-12(22)11(18)6-19(13(20)23)10-4-2-3-9(5-10)14(15,16)17;1-9(8-20)19-12(21)5-6-18(13(19)22)11-4-2-3-10(7-11)14(15,16)17;12-11(13,14)7-2-1-3-8(6-7)16-5-4-9(17)15-10(16)18/h5-20,22H,21H2,1-4H3;5-14,16,20H,15H2,1-4H3;2-6,8,21H,7H2,1H3;2-7,9,20H,8H2,1H3;1-6H,(H,15,17,18)/t22-;16-;8-;9-;/m1111./s1. The highest BCUT2D eigenvalue weighted by Crippen LogP contribution is 2.40. The number of aliphatic hydroxyl groups is 3. The number of nitrogens with zero attached hydrogens (tertiary/aromatic N) is 7. The maximum absolute atomic E-state index is 13.5. The highest BCUT2D eigenvalue weighted by molar-refractivity contribution is 14.1. The first-order valence-electron chi connectivity index (χ1n) is 38.2. The van der Waals surface area contributed by atoms with Crippen LogP contribution in [0.2, 0.25) is 10.1 Å². The summed E-state index contributed by atoms with van der Waals surface area (Å²) in [6.07, 6.45) is -14.0. The first-order valence-corrected chi connectivity index (χ1v) is 43.1. The van der Waals surface area contributed by atoms with Crippen LogP contribution in [0.4, 0.5) is 52.7 Å². The Morgan fingerprint density at radius 1 is 0.371 bits per heavy atom. The first kappa shape index (κ1) is 98.0. The number of hydrogen-bond acceptors (Lipinski definition) is 13. The second-order valence-electron chi connectivity index (χ2n) is 30.5. The fraction of sp³-hybridized carbons (Fsp3) is 0.273. The van der Waals surface area contributed by atoms with E-state index in [1.54, 1.807) is 36.4 Å². The number of aromatic nitrogens is 8. The van der Waals surface area contributed by atoms with Gasteiger partial charge >= 0.3 is 47.5 Å². The molecule has 0 aliphatic carbocycles. The van der Waals surface area contributed by atoms with E-state index in [1.165, 1.54) is 91.2 Å². The molecule has 0 aliphatic heterocycles. The third kappa shape index (κ3) is 23.5. The number of alkyl halides is 12. The Kier molecular flexibility index (Phi) is 32.4. The third-order valence-corrected chi connectivity index (χ3v) is 30.3. The normalized spacial score (nSPS) is 13.1. The molecule has 4 atom stereocenters. The number of aromatic amines is 1. The van der Waals surface area contributed by atoms with Gasteiger partial charge in [0.25, 0.3) is 38.9 Å². The minimum absolute atomic E-state index is 0.0124. The van der Waals surface area contributed by atoms with Crippen LogP contribution in [-0.4, -0.2) is 101 Å². The predicted octanol–water partition coefficient (Wildman–Crippen LogP) is 13.4. The van der Waals surface area contributed by atoms with Crippen LogP contribution < -0.4 is 65.7 Å². The molecule has 4 N–H and O–H groups in total. The summed E-state index contributed by atoms with van der Waals surface area (Å²) in [6.45, 7) is 19.0. The van der Waals surface area contributed by atoms with Crippen molar-refractivity contribution in [3.63, 3.8) is 0 Å². The van der Waals surface area contributed by atoms with E-state index in [0.717, 1.165) is 115 Å². The average molecular weight is 1880 g/mol. The van der Waals surface area contributed by atoms with Gasteiger partial charge in [-0.2, -0.15) is 52.7 Å². The molecule has 12 aromatic rings. The maximum Gasteiger partial charge on any atom is 0.416 e. The average Bonchev–Trinajstić information content (AvgIpc) is 0.748. The van der Waals surface area contributed by atoms with E-state index in [0.29, 0.717) is 6.61 Å². The number of benzene rings is 8. The summed E-state index contributed by atoms with van der Waals surface area (Å²) in [5.74, 6) is 0. The van der Waals surface area contributed by atoms with Crippen molar-refractivity contribution in [2.75, 3.05) is 26.4 Å². The van der Waals surface area contributed by atoms with Gasteiger partial charge in [0.1, 0.15) is 0 Å². The lowest BCUT2D eigenvalue weighted by Gasteiger charge is -2.43. The lowest BCUT2D eigenvalue weighted by atomic mass is 10.2. The number of aliphatic hydroxyl groups excluding tert-OH is 3. The molecule has 124 heavy (non-hydrogen) atoms. The summed E-state index contributed by atoms with van der Waals surface area (Å²) in [5, 5.41) is 32.3. The van der Waals surface area contributed by atoms with Gasteiger partial charge in [-0.1, -0.05) is 187 Å². The summed E-state index contributed by atoms with van der Waals surface area (Å²) < 4.78 is 174. The molecule has 0 saturated carbocycles. The molecule has 658 valence electrons. The smallest absolute Gasteiger partial charge is 0.405 e. The number of H-pyrrole nitrogens is 1. The van der Waals surface area contributed by atoms with E-state index in [-0.39, 0.29) is 43.0 Å². The SMILES string of the molecule is C[C@@H](O)CO[Si](c1ccccc1)(c1ccccc1)C(C)(C)C.C[C@H](CO)n1c(=O)c(I)cn(-c2cccc(C(F)(F)F)c2)c1=O.C[C@H](CO)n1c(=O)ccn(-c2cccc(C(F)(F)F)c2)c1=O.C[C@H](CO[Si](c1ccccc1)(c1ccccc1)C(C)(C)C)n1c(=O)ccn(-c2cccc(C(F)(F)F)c2)c1=O.O=c1ccn(-c2cccc(C(F)(F)F)c2)c(=O)[nH]1. The fourth-order valence-corrected chi connectivity index (χ4v) is 23.3. The minimum atomic E-state index is -4.56. The Morgan fingerprint density at radius 3 is 0.968 bits per heavy atom. The molecule has 0 amide bonds. The summed E-state index contributed by atoms with van der Waals surface area (Å²) in [6, 6.07) is 59.1. The zero-order chi connectivity index (χ0) is 91.8. The molecule has 0 fully saturated rings. The van der Waals surface area contributed by atoms with E-state index in [2.05, 4.69) is 90.1 Å². The summed E-state index contributed by atoms with van der Waals surface area (Å²) in [4.78, 5) is 99.1. The van der Waals surface area contributed by atoms with E-state index in [9.17, 15) is 101 Å². The zero-order valence-corrected chi connectivity index (χ0v) is 72.6. The Balaban J connectivity index is 0.000000198. The van der Waals surface area contributed by atoms with Gasteiger partial charge < -0.3 is 24.2 Å². The van der Waals surface area contributed by atoms with E-state index < -0.39 is 146 Å². The van der Waals surface area contributed by atoms with Gasteiger partial charge in [-0.25, -0.2) is 19.2 Å². The van der Waals surface area contributed by atoms with Crippen molar-refractivity contribution < 1.29 is 76.9 Å². The van der Waals surface area contributed by atoms with Crippen molar-refractivity contribution >= 4 is 60.0 Å². The second kappa shape index (κ2) is 40.9. The topological polar surface area (TPSA) is 266 Å². The van der Waals surface area contributed by atoms with Gasteiger partial charge in [0, 0.05) is 43.0 Å². The molecule has 0 aliphatic rings. The quantitative estimate of drug-likeness (QED) is 0.0334. The largest absolute Gasteiger partial charge is 0.416 e. The molecule has 36 heteroatoms. The van der Waals surface area contributed by atoms with Gasteiger partial charge in [-0.05, 0) is 154 Å². The molecule has 12 rings (SSSR count). The lowest BCUT2D eigenvalue weighted by Crippen LogP contribution is -2.67. The van der Waals surface area contributed by atoms with Gasteiger partial charge in [0.05, 0.1) is 99.2 Å². The van der Waals surface area contributed by atoms with Crippen LogP contribution in [0.1, 0.15) is 110 Å². The zero-order valence-electron chi connectivity index (χ0n) is 68.4. The van der Waals surface area contributed by atoms with Crippen LogP contribution in [-0.2, 0) is 33.6 Å². The van der Waals surface area contributed by atoms with Crippen LogP contribution >= 0.6 is 22.6 Å². The molecular weight excluding hydrogens is 1790 g/mol. The van der Waals surface area contributed by atoms with Crippen molar-refractivity contribution in [1.82, 2.24) is 37.0 Å². The van der Waals surface area contributed by atoms with Gasteiger partial charge in [0.15, 0.2) is 0 Å². The molecule has 4 heterocycles. The minimum Gasteiger partial charge on any atom is -0.405 e.